The first kappa shape index (κ1) is 16.6. The molecule has 1 aromatic carbocycles. The van der Waals surface area contributed by atoms with Crippen LogP contribution in [0.3, 0.4) is 0 Å². The van der Waals surface area contributed by atoms with Gasteiger partial charge in [-0.1, -0.05) is 50.6 Å². The van der Waals surface area contributed by atoms with Gasteiger partial charge in [-0.3, -0.25) is 0 Å². The molecule has 0 aliphatic carbocycles. The average molecular weight is 317 g/mol. The largest absolute Gasteiger partial charge is 0.195 e. The molecule has 0 N–H and O–H groups in total. The highest BCUT2D eigenvalue weighted by atomic mass is 35.5. The highest BCUT2D eigenvalue weighted by Gasteiger charge is 2.24. The third-order valence-electron chi connectivity index (χ3n) is 4.20. The summed E-state index contributed by atoms with van der Waals surface area (Å²) in [5.41, 5.74) is 2.02. The fraction of sp³-hybridized carbons (Fsp3) is 0.412. The van der Waals surface area contributed by atoms with E-state index in [4.69, 9.17) is 11.6 Å². The summed E-state index contributed by atoms with van der Waals surface area (Å²) in [6.07, 6.45) is 2.07. The standard InChI is InChI=1S/C17H21ClN4/c1-4-17(3,5-2)15-10-11-16(22-20-15)21-19-12-13-8-6-7-9-14(13)18/h6-11H,4-5,12H2,1-3H3. The molecule has 0 atom stereocenters. The minimum atomic E-state index is 0.0697. The van der Waals surface area contributed by atoms with Crippen LogP contribution in [0.5, 0.6) is 0 Å². The molecule has 2 aromatic rings. The average Bonchev–Trinajstić information content (AvgIpc) is 2.56. The highest BCUT2D eigenvalue weighted by Crippen LogP contribution is 2.29. The fourth-order valence-corrected chi connectivity index (χ4v) is 2.32. The molecule has 0 saturated carbocycles. The Morgan fingerprint density at radius 1 is 1.05 bits per heavy atom. The van der Waals surface area contributed by atoms with Crippen LogP contribution in [0.1, 0.15) is 44.9 Å². The third-order valence-corrected chi connectivity index (χ3v) is 4.57. The molecule has 0 unspecified atom stereocenters. The molecule has 4 nitrogen and oxygen atoms in total. The van der Waals surface area contributed by atoms with Crippen LogP contribution in [0, 0.1) is 0 Å². The molecule has 0 bridgehead atoms. The normalized spacial score (nSPS) is 12.0. The van der Waals surface area contributed by atoms with E-state index in [0.717, 1.165) is 24.1 Å². The maximum Gasteiger partial charge on any atom is 0.195 e. The first-order valence-corrected chi connectivity index (χ1v) is 7.92. The topological polar surface area (TPSA) is 50.5 Å². The lowest BCUT2D eigenvalue weighted by molar-refractivity contribution is 0.421. The van der Waals surface area contributed by atoms with Crippen LogP contribution >= 0.6 is 11.6 Å². The number of hydrogen-bond donors (Lipinski definition) is 0. The maximum atomic E-state index is 6.08. The number of hydrogen-bond acceptors (Lipinski definition) is 4. The van der Waals surface area contributed by atoms with Crippen molar-refractivity contribution in [1.82, 2.24) is 10.2 Å². The first-order chi connectivity index (χ1) is 10.6. The number of aromatic nitrogens is 2. The van der Waals surface area contributed by atoms with Crippen molar-refractivity contribution in [2.45, 2.75) is 45.6 Å². The van der Waals surface area contributed by atoms with Crippen molar-refractivity contribution >= 4 is 17.4 Å². The van der Waals surface area contributed by atoms with Gasteiger partial charge in [-0.05, 0) is 36.6 Å². The number of rotatable bonds is 6. The smallest absolute Gasteiger partial charge is 0.182 e. The fourth-order valence-electron chi connectivity index (χ4n) is 2.12. The summed E-state index contributed by atoms with van der Waals surface area (Å²) in [4.78, 5) is 0. The highest BCUT2D eigenvalue weighted by molar-refractivity contribution is 6.31. The first-order valence-electron chi connectivity index (χ1n) is 7.54. The predicted octanol–water partition coefficient (Wildman–Crippen LogP) is 5.49. The van der Waals surface area contributed by atoms with Crippen molar-refractivity contribution < 1.29 is 0 Å². The van der Waals surface area contributed by atoms with Crippen LogP contribution in [-0.4, -0.2) is 10.2 Å². The quantitative estimate of drug-likeness (QED) is 0.661. The molecule has 0 amide bonds. The summed E-state index contributed by atoms with van der Waals surface area (Å²) in [5.74, 6) is 0.519. The van der Waals surface area contributed by atoms with Gasteiger partial charge in [-0.15, -0.1) is 10.2 Å². The van der Waals surface area contributed by atoms with Crippen LogP contribution < -0.4 is 0 Å². The molecule has 0 spiro atoms. The van der Waals surface area contributed by atoms with E-state index >= 15 is 0 Å². The van der Waals surface area contributed by atoms with Crippen molar-refractivity contribution in [3.05, 3.63) is 52.7 Å². The lowest BCUT2D eigenvalue weighted by atomic mass is 9.81. The Labute approximate surface area is 136 Å². The molecule has 1 aromatic heterocycles. The van der Waals surface area contributed by atoms with Gasteiger partial charge in [-0.25, -0.2) is 0 Å². The second-order valence-electron chi connectivity index (χ2n) is 5.54. The van der Waals surface area contributed by atoms with Gasteiger partial charge >= 0.3 is 0 Å². The SMILES string of the molecule is CCC(C)(CC)c1ccc(N=NCc2ccccc2Cl)nn1. The lowest BCUT2D eigenvalue weighted by Crippen LogP contribution is -2.21. The van der Waals surface area contributed by atoms with E-state index in [-0.39, 0.29) is 5.41 Å². The lowest BCUT2D eigenvalue weighted by Gasteiger charge is -2.25. The van der Waals surface area contributed by atoms with Crippen molar-refractivity contribution in [1.29, 1.82) is 0 Å². The molecule has 0 radical (unpaired) electrons. The van der Waals surface area contributed by atoms with Gasteiger partial charge in [0.05, 0.1) is 12.2 Å². The van der Waals surface area contributed by atoms with E-state index in [1.165, 1.54) is 0 Å². The molecule has 0 fully saturated rings. The summed E-state index contributed by atoms with van der Waals surface area (Å²) in [7, 11) is 0. The van der Waals surface area contributed by atoms with E-state index < -0.39 is 0 Å². The van der Waals surface area contributed by atoms with Gasteiger partial charge in [0, 0.05) is 10.4 Å². The summed E-state index contributed by atoms with van der Waals surface area (Å²) in [5, 5.41) is 17.4. The maximum absolute atomic E-state index is 6.08. The molecule has 2 rings (SSSR count). The van der Waals surface area contributed by atoms with Gasteiger partial charge in [0.25, 0.3) is 0 Å². The monoisotopic (exact) mass is 316 g/mol. The summed E-state index contributed by atoms with van der Waals surface area (Å²) in [6, 6.07) is 11.5. The molecule has 0 aliphatic rings. The van der Waals surface area contributed by atoms with Gasteiger partial charge < -0.3 is 0 Å². The Kier molecular flexibility index (Phi) is 5.61. The number of halogens is 1. The van der Waals surface area contributed by atoms with E-state index in [2.05, 4.69) is 41.2 Å². The van der Waals surface area contributed by atoms with Crippen molar-refractivity contribution in [3.63, 3.8) is 0 Å². The van der Waals surface area contributed by atoms with E-state index in [1.54, 1.807) is 0 Å². The van der Waals surface area contributed by atoms with Gasteiger partial charge in [0.2, 0.25) is 0 Å². The molecule has 5 heteroatoms. The minimum absolute atomic E-state index is 0.0697. The van der Waals surface area contributed by atoms with E-state index in [9.17, 15) is 0 Å². The van der Waals surface area contributed by atoms with Crippen molar-refractivity contribution in [2.75, 3.05) is 0 Å². The van der Waals surface area contributed by atoms with Crippen LogP contribution in [0.25, 0.3) is 0 Å². The number of nitrogens with zero attached hydrogens (tertiary/aromatic N) is 4. The van der Waals surface area contributed by atoms with Crippen LogP contribution in [0.15, 0.2) is 46.6 Å². The Balaban J connectivity index is 2.05. The van der Waals surface area contributed by atoms with Crippen LogP contribution in [0.4, 0.5) is 5.82 Å². The molecule has 0 saturated heterocycles. The predicted molar refractivity (Wildman–Crippen MR) is 89.6 cm³/mol. The van der Waals surface area contributed by atoms with Gasteiger partial charge in [0.15, 0.2) is 5.82 Å². The number of azo groups is 1. The summed E-state index contributed by atoms with van der Waals surface area (Å²) < 4.78 is 0. The molecular formula is C17H21ClN4. The zero-order valence-corrected chi connectivity index (χ0v) is 14.0. The van der Waals surface area contributed by atoms with Gasteiger partial charge in [0.1, 0.15) is 0 Å². The molecule has 116 valence electrons. The van der Waals surface area contributed by atoms with Gasteiger partial charge in [-0.2, -0.15) is 10.2 Å². The molecule has 0 aliphatic heterocycles. The molecule has 22 heavy (non-hydrogen) atoms. The zero-order chi connectivity index (χ0) is 16.0. The Morgan fingerprint density at radius 2 is 1.77 bits per heavy atom. The van der Waals surface area contributed by atoms with Crippen molar-refractivity contribution in [2.24, 2.45) is 10.2 Å². The molecular weight excluding hydrogens is 296 g/mol. The summed E-state index contributed by atoms with van der Waals surface area (Å²) in [6.45, 7) is 6.98. The second-order valence-corrected chi connectivity index (χ2v) is 5.94. The zero-order valence-electron chi connectivity index (χ0n) is 13.3. The van der Waals surface area contributed by atoms with Crippen molar-refractivity contribution in [3.8, 4) is 0 Å². The van der Waals surface area contributed by atoms with Crippen LogP contribution in [-0.2, 0) is 12.0 Å². The second kappa shape index (κ2) is 7.45. The molecule has 1 heterocycles. The Bertz CT molecular complexity index is 633. The van der Waals surface area contributed by atoms with E-state index in [0.29, 0.717) is 17.4 Å². The summed E-state index contributed by atoms with van der Waals surface area (Å²) >= 11 is 6.08. The third kappa shape index (κ3) is 3.89. The van der Waals surface area contributed by atoms with E-state index in [1.807, 2.05) is 36.4 Å². The van der Waals surface area contributed by atoms with Crippen LogP contribution in [0.2, 0.25) is 5.02 Å². The number of benzene rings is 1. The Hall–Kier alpha value is -1.81. The minimum Gasteiger partial charge on any atom is -0.182 e. The Morgan fingerprint density at radius 3 is 2.36 bits per heavy atom.